The van der Waals surface area contributed by atoms with Crippen molar-refractivity contribution < 1.29 is 0 Å². The predicted octanol–water partition coefficient (Wildman–Crippen LogP) is 3.38. The second kappa shape index (κ2) is 5.45. The van der Waals surface area contributed by atoms with E-state index < -0.39 is 0 Å². The van der Waals surface area contributed by atoms with E-state index in [4.69, 9.17) is 4.98 Å². The second-order valence-corrected chi connectivity index (χ2v) is 7.62. The molecule has 0 aromatic carbocycles. The molecule has 1 fully saturated rings. The average molecular weight is 276 g/mol. The van der Waals surface area contributed by atoms with Crippen molar-refractivity contribution in [2.75, 3.05) is 12.3 Å². The lowest BCUT2D eigenvalue weighted by atomic mass is 9.84. The molecular weight excluding hydrogens is 252 g/mol. The van der Waals surface area contributed by atoms with Crippen LogP contribution in [0.5, 0.6) is 0 Å². The van der Waals surface area contributed by atoms with E-state index in [-0.39, 0.29) is 0 Å². The summed E-state index contributed by atoms with van der Waals surface area (Å²) in [5.74, 6) is 1.92. The number of thioether (sulfide) groups is 1. The highest BCUT2D eigenvalue weighted by Crippen LogP contribution is 2.47. The van der Waals surface area contributed by atoms with Gasteiger partial charge in [-0.2, -0.15) is 11.8 Å². The Morgan fingerprint density at radius 2 is 2.47 bits per heavy atom. The first-order valence-corrected chi connectivity index (χ1v) is 8.54. The van der Waals surface area contributed by atoms with Crippen LogP contribution < -0.4 is 5.32 Å². The van der Waals surface area contributed by atoms with Gasteiger partial charge in [-0.25, -0.2) is 0 Å². The highest BCUT2D eigenvalue weighted by atomic mass is 32.2. The van der Waals surface area contributed by atoms with Crippen LogP contribution in [0.3, 0.4) is 0 Å². The van der Waals surface area contributed by atoms with Crippen LogP contribution in [0.1, 0.15) is 50.3 Å². The van der Waals surface area contributed by atoms with Crippen molar-refractivity contribution in [1.29, 1.82) is 0 Å². The zero-order chi connectivity index (χ0) is 13.3. The molecule has 1 N–H and O–H groups in total. The molecule has 0 bridgehead atoms. The molecule has 1 aliphatic carbocycles. The smallest absolute Gasteiger partial charge is 0.0482 e. The molecule has 1 saturated heterocycles. The molecule has 1 aromatic heterocycles. The molecular formula is C16H24N2S. The Balaban J connectivity index is 1.89. The molecule has 0 spiro atoms. The van der Waals surface area contributed by atoms with Crippen molar-refractivity contribution in [3.63, 3.8) is 0 Å². The number of aromatic nitrogens is 1. The number of hydrogen-bond donors (Lipinski definition) is 1. The van der Waals surface area contributed by atoms with Crippen LogP contribution in [0.15, 0.2) is 18.3 Å². The Labute approximate surface area is 120 Å². The maximum absolute atomic E-state index is 4.70. The molecule has 3 rings (SSSR count). The van der Waals surface area contributed by atoms with Gasteiger partial charge in [0.25, 0.3) is 0 Å². The molecule has 2 heterocycles. The van der Waals surface area contributed by atoms with Crippen molar-refractivity contribution in [1.82, 2.24) is 10.3 Å². The number of nitrogens with zero attached hydrogens (tertiary/aromatic N) is 1. The van der Waals surface area contributed by atoms with E-state index in [1.807, 2.05) is 6.20 Å². The zero-order valence-electron chi connectivity index (χ0n) is 12.0. The van der Waals surface area contributed by atoms with Gasteiger partial charge in [-0.05, 0) is 56.5 Å². The summed E-state index contributed by atoms with van der Waals surface area (Å²) in [6.07, 6.45) is 7.14. The van der Waals surface area contributed by atoms with Crippen LogP contribution in [0.4, 0.5) is 0 Å². The van der Waals surface area contributed by atoms with Crippen molar-refractivity contribution >= 4 is 11.8 Å². The normalized spacial score (nSPS) is 31.4. The highest BCUT2D eigenvalue weighted by Gasteiger charge is 2.44. The third-order valence-corrected chi connectivity index (χ3v) is 6.35. The van der Waals surface area contributed by atoms with E-state index in [2.05, 4.69) is 43.1 Å². The molecule has 2 aliphatic rings. The van der Waals surface area contributed by atoms with Gasteiger partial charge in [-0.3, -0.25) is 4.98 Å². The maximum atomic E-state index is 4.70. The van der Waals surface area contributed by atoms with Gasteiger partial charge in [0.05, 0.1) is 0 Å². The second-order valence-electron chi connectivity index (χ2n) is 5.99. The first-order chi connectivity index (χ1) is 9.24. The first-order valence-electron chi connectivity index (χ1n) is 7.56. The SMILES string of the molecule is CCNC(C1CCc2cccnc21)C1(C)CCCS1. The minimum atomic E-state index is 0.389. The molecule has 2 nitrogen and oxygen atoms in total. The molecule has 0 radical (unpaired) electrons. The molecule has 3 unspecified atom stereocenters. The number of hydrogen-bond acceptors (Lipinski definition) is 3. The van der Waals surface area contributed by atoms with Gasteiger partial charge < -0.3 is 5.32 Å². The number of rotatable bonds is 4. The predicted molar refractivity (Wildman–Crippen MR) is 82.9 cm³/mol. The van der Waals surface area contributed by atoms with Crippen molar-refractivity contribution in [3.05, 3.63) is 29.6 Å². The van der Waals surface area contributed by atoms with E-state index in [1.165, 1.54) is 42.7 Å². The molecule has 0 amide bonds. The third kappa shape index (κ3) is 2.43. The van der Waals surface area contributed by atoms with Crippen LogP contribution in [0.25, 0.3) is 0 Å². The Morgan fingerprint density at radius 3 is 3.21 bits per heavy atom. The Hall–Kier alpha value is -0.540. The lowest BCUT2D eigenvalue weighted by Gasteiger charge is -2.38. The van der Waals surface area contributed by atoms with Gasteiger partial charge >= 0.3 is 0 Å². The number of pyridine rings is 1. The minimum Gasteiger partial charge on any atom is -0.312 e. The molecule has 3 heteroatoms. The van der Waals surface area contributed by atoms with Gasteiger partial charge in [0.15, 0.2) is 0 Å². The van der Waals surface area contributed by atoms with Gasteiger partial charge in [-0.1, -0.05) is 13.0 Å². The number of nitrogens with one attached hydrogen (secondary N) is 1. The van der Waals surface area contributed by atoms with E-state index >= 15 is 0 Å². The van der Waals surface area contributed by atoms with Crippen LogP contribution in [-0.2, 0) is 6.42 Å². The van der Waals surface area contributed by atoms with Gasteiger partial charge in [0.1, 0.15) is 0 Å². The number of aryl methyl sites for hydroxylation is 1. The maximum Gasteiger partial charge on any atom is 0.0482 e. The highest BCUT2D eigenvalue weighted by molar-refractivity contribution is 8.00. The van der Waals surface area contributed by atoms with E-state index in [0.717, 1.165) is 6.54 Å². The summed E-state index contributed by atoms with van der Waals surface area (Å²) in [6, 6.07) is 4.91. The van der Waals surface area contributed by atoms with E-state index in [9.17, 15) is 0 Å². The summed E-state index contributed by atoms with van der Waals surface area (Å²) in [6.45, 7) is 5.74. The lowest BCUT2D eigenvalue weighted by molar-refractivity contribution is 0.346. The summed E-state index contributed by atoms with van der Waals surface area (Å²) < 4.78 is 0.389. The zero-order valence-corrected chi connectivity index (χ0v) is 12.8. The Morgan fingerprint density at radius 1 is 1.58 bits per heavy atom. The third-order valence-electron chi connectivity index (χ3n) is 4.74. The molecule has 3 atom stereocenters. The van der Waals surface area contributed by atoms with Crippen LogP contribution in [-0.4, -0.2) is 28.1 Å². The van der Waals surface area contributed by atoms with Crippen LogP contribution >= 0.6 is 11.8 Å². The fraction of sp³-hybridized carbons (Fsp3) is 0.688. The lowest BCUT2D eigenvalue weighted by Crippen LogP contribution is -2.48. The average Bonchev–Trinajstić information content (AvgIpc) is 3.03. The van der Waals surface area contributed by atoms with Gasteiger partial charge in [-0.15, -0.1) is 0 Å². The largest absolute Gasteiger partial charge is 0.312 e. The topological polar surface area (TPSA) is 24.9 Å². The van der Waals surface area contributed by atoms with E-state index in [0.29, 0.717) is 16.7 Å². The van der Waals surface area contributed by atoms with E-state index in [1.54, 1.807) is 0 Å². The minimum absolute atomic E-state index is 0.389. The summed E-state index contributed by atoms with van der Waals surface area (Å²) in [4.78, 5) is 4.70. The standard InChI is InChI=1S/C16H24N2S/c1-3-17-15(16(2)9-5-11-19-16)13-8-7-12-6-4-10-18-14(12)13/h4,6,10,13,15,17H,3,5,7-9,11H2,1-2H3. The summed E-state index contributed by atoms with van der Waals surface area (Å²) in [7, 11) is 0. The molecule has 104 valence electrons. The number of fused-ring (bicyclic) bond motifs is 1. The first kappa shape index (κ1) is 13.4. The molecule has 0 saturated carbocycles. The summed E-state index contributed by atoms with van der Waals surface area (Å²) in [5, 5.41) is 3.79. The van der Waals surface area contributed by atoms with Crippen LogP contribution in [0.2, 0.25) is 0 Å². The quantitative estimate of drug-likeness (QED) is 0.912. The fourth-order valence-corrected chi connectivity index (χ4v) is 5.29. The molecule has 19 heavy (non-hydrogen) atoms. The Kier molecular flexibility index (Phi) is 3.86. The van der Waals surface area contributed by atoms with Gasteiger partial charge in [0.2, 0.25) is 0 Å². The molecule has 1 aliphatic heterocycles. The number of likely N-dealkylation sites (N-methyl/N-ethyl adjacent to an activating group) is 1. The monoisotopic (exact) mass is 276 g/mol. The molecule has 1 aromatic rings. The fourth-order valence-electron chi connectivity index (χ4n) is 3.82. The summed E-state index contributed by atoms with van der Waals surface area (Å²) >= 11 is 2.16. The van der Waals surface area contributed by atoms with Crippen molar-refractivity contribution in [2.24, 2.45) is 0 Å². The summed E-state index contributed by atoms with van der Waals surface area (Å²) in [5.41, 5.74) is 2.84. The van der Waals surface area contributed by atoms with Crippen molar-refractivity contribution in [3.8, 4) is 0 Å². The Bertz CT molecular complexity index is 440. The van der Waals surface area contributed by atoms with Gasteiger partial charge in [0, 0.05) is 28.6 Å². The van der Waals surface area contributed by atoms with Crippen molar-refractivity contribution in [2.45, 2.75) is 56.2 Å². The van der Waals surface area contributed by atoms with Crippen LogP contribution in [0, 0.1) is 0 Å².